The van der Waals surface area contributed by atoms with Crippen LogP contribution >= 0.6 is 0 Å². The lowest BCUT2D eigenvalue weighted by Gasteiger charge is -2.24. The van der Waals surface area contributed by atoms with E-state index in [1.165, 1.54) is 0 Å². The van der Waals surface area contributed by atoms with Crippen molar-refractivity contribution in [1.29, 1.82) is 0 Å². The minimum absolute atomic E-state index is 0.111. The number of likely N-dealkylation sites (tertiary alicyclic amines) is 1. The Kier molecular flexibility index (Phi) is 3.57. The standard InChI is InChI=1S/C16H20N2O3/c1-21-13-4-2-12(3-5-13)10-15(20)18-9-8-16(11-18)7-6-14(19)17-16/h2-5H,6-11H2,1H3,(H,17,19). The van der Waals surface area contributed by atoms with Crippen molar-refractivity contribution in [3.8, 4) is 5.75 Å². The summed E-state index contributed by atoms with van der Waals surface area (Å²) < 4.78 is 5.11. The molecule has 2 aliphatic heterocycles. The first-order valence-corrected chi connectivity index (χ1v) is 7.32. The normalized spacial score (nSPS) is 24.4. The third-order valence-corrected chi connectivity index (χ3v) is 4.46. The molecule has 2 aliphatic rings. The van der Waals surface area contributed by atoms with Crippen LogP contribution in [-0.4, -0.2) is 42.5 Å². The van der Waals surface area contributed by atoms with Crippen LogP contribution in [0.4, 0.5) is 0 Å². The predicted octanol–water partition coefficient (Wildman–Crippen LogP) is 1.12. The molecule has 0 radical (unpaired) electrons. The highest BCUT2D eigenvalue weighted by atomic mass is 16.5. The van der Waals surface area contributed by atoms with Gasteiger partial charge in [-0.15, -0.1) is 0 Å². The Labute approximate surface area is 124 Å². The molecular formula is C16H20N2O3. The Morgan fingerprint density at radius 3 is 2.71 bits per heavy atom. The molecule has 0 aliphatic carbocycles. The number of benzene rings is 1. The van der Waals surface area contributed by atoms with E-state index >= 15 is 0 Å². The minimum atomic E-state index is -0.160. The van der Waals surface area contributed by atoms with Gasteiger partial charge in [-0.25, -0.2) is 0 Å². The zero-order valence-corrected chi connectivity index (χ0v) is 12.2. The van der Waals surface area contributed by atoms with Crippen LogP contribution in [0.15, 0.2) is 24.3 Å². The number of nitrogens with one attached hydrogen (secondary N) is 1. The van der Waals surface area contributed by atoms with Crippen molar-refractivity contribution in [2.24, 2.45) is 0 Å². The summed E-state index contributed by atoms with van der Waals surface area (Å²) in [6, 6.07) is 7.57. The molecule has 0 bridgehead atoms. The average Bonchev–Trinajstić information content (AvgIpc) is 3.07. The van der Waals surface area contributed by atoms with Crippen LogP contribution in [0, 0.1) is 0 Å². The third-order valence-electron chi connectivity index (χ3n) is 4.46. The molecule has 2 fully saturated rings. The lowest BCUT2D eigenvalue weighted by atomic mass is 9.97. The Morgan fingerprint density at radius 2 is 2.10 bits per heavy atom. The molecule has 0 saturated carbocycles. The fourth-order valence-electron chi connectivity index (χ4n) is 3.19. The second-order valence-corrected chi connectivity index (χ2v) is 5.92. The third kappa shape index (κ3) is 2.86. The molecule has 0 aromatic heterocycles. The molecule has 21 heavy (non-hydrogen) atoms. The summed E-state index contributed by atoms with van der Waals surface area (Å²) in [7, 11) is 1.62. The van der Waals surface area contributed by atoms with Crippen LogP contribution in [0.25, 0.3) is 0 Å². The molecule has 3 rings (SSSR count). The van der Waals surface area contributed by atoms with Crippen molar-refractivity contribution in [1.82, 2.24) is 10.2 Å². The topological polar surface area (TPSA) is 58.6 Å². The molecule has 2 saturated heterocycles. The molecule has 5 heteroatoms. The van der Waals surface area contributed by atoms with Gasteiger partial charge in [0.2, 0.25) is 11.8 Å². The zero-order chi connectivity index (χ0) is 14.9. The van der Waals surface area contributed by atoms with Gasteiger partial charge in [-0.1, -0.05) is 12.1 Å². The molecule has 2 heterocycles. The first-order valence-electron chi connectivity index (χ1n) is 7.32. The summed E-state index contributed by atoms with van der Waals surface area (Å²) in [5.41, 5.74) is 0.823. The molecular weight excluding hydrogens is 268 g/mol. The van der Waals surface area contributed by atoms with E-state index < -0.39 is 0 Å². The van der Waals surface area contributed by atoms with Gasteiger partial charge in [-0.3, -0.25) is 9.59 Å². The van der Waals surface area contributed by atoms with Gasteiger partial charge in [0.25, 0.3) is 0 Å². The molecule has 2 amide bonds. The Morgan fingerprint density at radius 1 is 1.33 bits per heavy atom. The zero-order valence-electron chi connectivity index (χ0n) is 12.2. The first-order chi connectivity index (χ1) is 10.1. The summed E-state index contributed by atoms with van der Waals surface area (Å²) in [5, 5.41) is 3.04. The number of ether oxygens (including phenoxy) is 1. The number of carbonyl (C=O) groups excluding carboxylic acids is 2. The number of hydrogen-bond acceptors (Lipinski definition) is 3. The summed E-state index contributed by atoms with van der Waals surface area (Å²) in [4.78, 5) is 25.6. The molecule has 1 unspecified atom stereocenters. The number of carbonyl (C=O) groups is 2. The van der Waals surface area contributed by atoms with E-state index in [-0.39, 0.29) is 17.4 Å². The Balaban J connectivity index is 1.60. The maximum Gasteiger partial charge on any atom is 0.227 e. The van der Waals surface area contributed by atoms with E-state index in [4.69, 9.17) is 4.74 Å². The highest BCUT2D eigenvalue weighted by Gasteiger charge is 2.44. The van der Waals surface area contributed by atoms with Gasteiger partial charge in [0, 0.05) is 19.5 Å². The minimum Gasteiger partial charge on any atom is -0.497 e. The van der Waals surface area contributed by atoms with Crippen molar-refractivity contribution >= 4 is 11.8 Å². The largest absolute Gasteiger partial charge is 0.497 e. The van der Waals surface area contributed by atoms with Crippen molar-refractivity contribution < 1.29 is 14.3 Å². The van der Waals surface area contributed by atoms with Crippen molar-refractivity contribution in [3.63, 3.8) is 0 Å². The molecule has 112 valence electrons. The molecule has 1 atom stereocenters. The first kappa shape index (κ1) is 13.9. The number of methoxy groups -OCH3 is 1. The van der Waals surface area contributed by atoms with Crippen LogP contribution in [0.2, 0.25) is 0 Å². The fourth-order valence-corrected chi connectivity index (χ4v) is 3.19. The van der Waals surface area contributed by atoms with Gasteiger partial charge < -0.3 is 15.0 Å². The van der Waals surface area contributed by atoms with E-state index in [9.17, 15) is 9.59 Å². The van der Waals surface area contributed by atoms with Crippen LogP contribution in [0.1, 0.15) is 24.8 Å². The van der Waals surface area contributed by atoms with E-state index in [2.05, 4.69) is 5.32 Å². The van der Waals surface area contributed by atoms with E-state index in [0.717, 1.165) is 30.7 Å². The van der Waals surface area contributed by atoms with Gasteiger partial charge in [0.15, 0.2) is 0 Å². The van der Waals surface area contributed by atoms with Crippen molar-refractivity contribution in [2.75, 3.05) is 20.2 Å². The second-order valence-electron chi connectivity index (χ2n) is 5.92. The van der Waals surface area contributed by atoms with Crippen LogP contribution in [0.5, 0.6) is 5.75 Å². The molecule has 5 nitrogen and oxygen atoms in total. The molecule has 1 N–H and O–H groups in total. The van der Waals surface area contributed by atoms with Crippen LogP contribution in [0.3, 0.4) is 0 Å². The number of amides is 2. The fraction of sp³-hybridized carbons (Fsp3) is 0.500. The van der Waals surface area contributed by atoms with E-state index in [1.54, 1.807) is 7.11 Å². The number of hydrogen-bond donors (Lipinski definition) is 1. The smallest absolute Gasteiger partial charge is 0.227 e. The van der Waals surface area contributed by atoms with Crippen molar-refractivity contribution in [2.45, 2.75) is 31.2 Å². The van der Waals surface area contributed by atoms with Gasteiger partial charge in [-0.2, -0.15) is 0 Å². The maximum absolute atomic E-state index is 12.4. The molecule has 1 spiro atoms. The second kappa shape index (κ2) is 5.39. The molecule has 1 aromatic carbocycles. The summed E-state index contributed by atoms with van der Waals surface area (Å²) >= 11 is 0. The Hall–Kier alpha value is -2.04. The van der Waals surface area contributed by atoms with Gasteiger partial charge in [0.1, 0.15) is 5.75 Å². The average molecular weight is 288 g/mol. The maximum atomic E-state index is 12.4. The lowest BCUT2D eigenvalue weighted by Crippen LogP contribution is -2.45. The summed E-state index contributed by atoms with van der Waals surface area (Å²) in [5.74, 6) is 1.03. The van der Waals surface area contributed by atoms with E-state index in [1.807, 2.05) is 29.2 Å². The van der Waals surface area contributed by atoms with Crippen LogP contribution in [-0.2, 0) is 16.0 Å². The SMILES string of the molecule is COc1ccc(CC(=O)N2CCC3(CCC(=O)N3)C2)cc1. The Bertz CT molecular complexity index is 555. The number of rotatable bonds is 3. The van der Waals surface area contributed by atoms with Gasteiger partial charge in [0.05, 0.1) is 19.1 Å². The van der Waals surface area contributed by atoms with Crippen LogP contribution < -0.4 is 10.1 Å². The highest BCUT2D eigenvalue weighted by Crippen LogP contribution is 2.30. The van der Waals surface area contributed by atoms with Crippen molar-refractivity contribution in [3.05, 3.63) is 29.8 Å². The highest BCUT2D eigenvalue weighted by molar-refractivity contribution is 5.82. The summed E-state index contributed by atoms with van der Waals surface area (Å²) in [6.07, 6.45) is 2.69. The monoisotopic (exact) mass is 288 g/mol. The lowest BCUT2D eigenvalue weighted by molar-refractivity contribution is -0.130. The quantitative estimate of drug-likeness (QED) is 0.906. The van der Waals surface area contributed by atoms with E-state index in [0.29, 0.717) is 19.4 Å². The van der Waals surface area contributed by atoms with Gasteiger partial charge >= 0.3 is 0 Å². The summed E-state index contributed by atoms with van der Waals surface area (Å²) in [6.45, 7) is 1.38. The van der Waals surface area contributed by atoms with Gasteiger partial charge in [-0.05, 0) is 30.5 Å². The molecule has 1 aromatic rings. The predicted molar refractivity (Wildman–Crippen MR) is 78.0 cm³/mol. The number of nitrogens with zero attached hydrogens (tertiary/aromatic N) is 1.